The lowest BCUT2D eigenvalue weighted by Gasteiger charge is -2.20. The molecule has 31 heavy (non-hydrogen) atoms. The van der Waals surface area contributed by atoms with E-state index in [9.17, 15) is 13.2 Å². The topological polar surface area (TPSA) is 72.5 Å². The summed E-state index contributed by atoms with van der Waals surface area (Å²) in [5, 5.41) is 0. The van der Waals surface area contributed by atoms with E-state index in [-0.39, 0.29) is 24.4 Å². The number of aryl methyl sites for hydroxylation is 1. The van der Waals surface area contributed by atoms with E-state index in [1.54, 1.807) is 0 Å². The number of esters is 1. The summed E-state index contributed by atoms with van der Waals surface area (Å²) in [7, 11) is -3.87. The van der Waals surface area contributed by atoms with Gasteiger partial charge in [0.05, 0.1) is 12.3 Å². The Kier molecular flexibility index (Phi) is 9.11. The molecule has 2 aromatic carbocycles. The number of nitrogens with one attached hydrogen (secondary N) is 1. The number of para-hydroxylation sites is 1. The minimum atomic E-state index is -3.87. The Bertz CT molecular complexity index is 926. The number of benzene rings is 2. The molecule has 0 amide bonds. The smallest absolute Gasteiger partial charge is 0.323 e. The van der Waals surface area contributed by atoms with Gasteiger partial charge in [-0.05, 0) is 47.3 Å². The van der Waals surface area contributed by atoms with Crippen molar-refractivity contribution >= 4 is 21.7 Å². The first kappa shape index (κ1) is 24.9. The maximum atomic E-state index is 12.7. The molecule has 1 N–H and O–H groups in total. The fraction of sp³-hybridized carbons (Fsp3) is 0.480. The van der Waals surface area contributed by atoms with Crippen LogP contribution in [-0.2, 0) is 26.0 Å². The molecule has 6 heteroatoms. The molecular formula is C25H35NO4S. The minimum Gasteiger partial charge on any atom is -0.465 e. The number of rotatable bonds is 11. The molecule has 0 saturated heterocycles. The van der Waals surface area contributed by atoms with E-state index in [4.69, 9.17) is 4.74 Å². The van der Waals surface area contributed by atoms with Gasteiger partial charge in [-0.15, -0.1) is 0 Å². The summed E-state index contributed by atoms with van der Waals surface area (Å²) in [4.78, 5) is 12.2. The summed E-state index contributed by atoms with van der Waals surface area (Å²) >= 11 is 0. The van der Waals surface area contributed by atoms with E-state index in [0.717, 1.165) is 24.0 Å². The fourth-order valence-corrected chi connectivity index (χ4v) is 4.45. The molecule has 0 aromatic heterocycles. The molecule has 0 bridgehead atoms. The molecule has 170 valence electrons. The molecule has 0 spiro atoms. The molecule has 0 saturated carbocycles. The van der Waals surface area contributed by atoms with E-state index in [1.165, 1.54) is 5.56 Å². The zero-order valence-corrected chi connectivity index (χ0v) is 20.0. The second kappa shape index (κ2) is 11.3. The van der Waals surface area contributed by atoms with Gasteiger partial charge in [0, 0.05) is 0 Å². The highest BCUT2D eigenvalue weighted by molar-refractivity contribution is 7.93. The zero-order valence-electron chi connectivity index (χ0n) is 19.2. The first-order valence-corrected chi connectivity index (χ1v) is 12.6. The van der Waals surface area contributed by atoms with Crippen molar-refractivity contribution in [1.29, 1.82) is 0 Å². The highest BCUT2D eigenvalue weighted by atomic mass is 32.2. The largest absolute Gasteiger partial charge is 0.465 e. The van der Waals surface area contributed by atoms with Gasteiger partial charge in [-0.1, -0.05) is 83.1 Å². The lowest BCUT2D eigenvalue weighted by molar-refractivity contribution is -0.141. The fourth-order valence-electron chi connectivity index (χ4n) is 3.43. The molecule has 0 aliphatic rings. The van der Waals surface area contributed by atoms with Gasteiger partial charge >= 0.3 is 5.97 Å². The van der Waals surface area contributed by atoms with Crippen molar-refractivity contribution in [1.82, 2.24) is 0 Å². The molecule has 1 atom stereocenters. The Balaban J connectivity index is 1.94. The summed E-state index contributed by atoms with van der Waals surface area (Å²) in [6.07, 6.45) is 1.76. The van der Waals surface area contributed by atoms with Gasteiger partial charge in [-0.25, -0.2) is 8.42 Å². The van der Waals surface area contributed by atoms with Crippen LogP contribution in [0, 0.1) is 5.92 Å². The van der Waals surface area contributed by atoms with Gasteiger partial charge in [0.1, 0.15) is 0 Å². The lowest BCUT2D eigenvalue weighted by atomic mass is 9.93. The van der Waals surface area contributed by atoms with Crippen molar-refractivity contribution in [2.75, 3.05) is 17.1 Å². The summed E-state index contributed by atoms with van der Waals surface area (Å²) in [6.45, 7) is 10.3. The van der Waals surface area contributed by atoms with Crippen molar-refractivity contribution in [3.63, 3.8) is 0 Å². The third-order valence-corrected chi connectivity index (χ3v) is 6.37. The minimum absolute atomic E-state index is 0.147. The lowest BCUT2D eigenvalue weighted by Crippen LogP contribution is -2.26. The van der Waals surface area contributed by atoms with Crippen LogP contribution >= 0.6 is 0 Å². The first-order valence-electron chi connectivity index (χ1n) is 10.9. The Morgan fingerprint density at radius 1 is 0.903 bits per heavy atom. The average Bonchev–Trinajstić information content (AvgIpc) is 2.70. The van der Waals surface area contributed by atoms with Gasteiger partial charge < -0.3 is 4.74 Å². The molecule has 0 heterocycles. The van der Waals surface area contributed by atoms with E-state index in [1.807, 2.05) is 71.0 Å². The number of ether oxygens (including phenoxy) is 1. The van der Waals surface area contributed by atoms with Crippen LogP contribution < -0.4 is 4.72 Å². The summed E-state index contributed by atoms with van der Waals surface area (Å²) in [5.41, 5.74) is 3.64. The maximum absolute atomic E-state index is 12.7. The Labute approximate surface area is 187 Å². The predicted octanol–water partition coefficient (Wildman–Crippen LogP) is 5.49. The zero-order chi connectivity index (χ0) is 23.0. The third-order valence-electron chi connectivity index (χ3n) is 5.24. The Morgan fingerprint density at radius 3 is 2.03 bits per heavy atom. The van der Waals surface area contributed by atoms with Crippen molar-refractivity contribution < 1.29 is 17.9 Å². The SMILES string of the molecule is CC(CCc1ccccc1)COC(=O)CS(=O)(=O)Nc1c(C(C)C)cccc1C(C)C. The summed E-state index contributed by atoms with van der Waals surface area (Å²) in [5.74, 6) is -0.980. The van der Waals surface area contributed by atoms with Gasteiger partial charge in [-0.2, -0.15) is 0 Å². The normalized spacial score (nSPS) is 12.7. The Morgan fingerprint density at radius 2 is 1.48 bits per heavy atom. The van der Waals surface area contributed by atoms with Crippen LogP contribution in [0.5, 0.6) is 0 Å². The van der Waals surface area contributed by atoms with Gasteiger partial charge in [0.15, 0.2) is 5.75 Å². The number of sulfonamides is 1. The number of hydrogen-bond donors (Lipinski definition) is 1. The van der Waals surface area contributed by atoms with Crippen LogP contribution in [0.1, 0.15) is 69.6 Å². The van der Waals surface area contributed by atoms with Crippen LogP contribution in [0.2, 0.25) is 0 Å². The molecular weight excluding hydrogens is 410 g/mol. The molecule has 0 aliphatic heterocycles. The third kappa shape index (κ3) is 8.02. The number of anilines is 1. The standard InChI is InChI=1S/C25H35NO4S/c1-18(2)22-12-9-13-23(19(3)4)25(22)26-31(28,29)17-24(27)30-16-20(5)14-15-21-10-7-6-8-11-21/h6-13,18-20,26H,14-17H2,1-5H3. The van der Waals surface area contributed by atoms with E-state index >= 15 is 0 Å². The van der Waals surface area contributed by atoms with Gasteiger partial charge in [0.2, 0.25) is 10.0 Å². The van der Waals surface area contributed by atoms with Gasteiger partial charge in [0.25, 0.3) is 0 Å². The van der Waals surface area contributed by atoms with Crippen LogP contribution in [-0.4, -0.2) is 26.7 Å². The number of carbonyl (C=O) groups is 1. The van der Waals surface area contributed by atoms with Crippen LogP contribution in [0.15, 0.2) is 48.5 Å². The first-order chi connectivity index (χ1) is 14.6. The molecule has 0 radical (unpaired) electrons. The molecule has 5 nitrogen and oxygen atoms in total. The average molecular weight is 446 g/mol. The number of hydrogen-bond acceptors (Lipinski definition) is 4. The Hall–Kier alpha value is -2.34. The monoisotopic (exact) mass is 445 g/mol. The highest BCUT2D eigenvalue weighted by Crippen LogP contribution is 2.33. The molecule has 0 fully saturated rings. The highest BCUT2D eigenvalue weighted by Gasteiger charge is 2.23. The molecule has 1 unspecified atom stereocenters. The molecule has 2 aromatic rings. The number of carbonyl (C=O) groups excluding carboxylic acids is 1. The second-order valence-electron chi connectivity index (χ2n) is 8.79. The van der Waals surface area contributed by atoms with Crippen LogP contribution in [0.3, 0.4) is 0 Å². The van der Waals surface area contributed by atoms with E-state index in [2.05, 4.69) is 16.9 Å². The van der Waals surface area contributed by atoms with E-state index < -0.39 is 21.7 Å². The summed E-state index contributed by atoms with van der Waals surface area (Å²) < 4.78 is 33.3. The van der Waals surface area contributed by atoms with Crippen molar-refractivity contribution in [2.24, 2.45) is 5.92 Å². The van der Waals surface area contributed by atoms with E-state index in [0.29, 0.717) is 5.69 Å². The molecule has 0 aliphatic carbocycles. The quantitative estimate of drug-likeness (QED) is 0.464. The van der Waals surface area contributed by atoms with Gasteiger partial charge in [-0.3, -0.25) is 9.52 Å². The maximum Gasteiger partial charge on any atom is 0.323 e. The van der Waals surface area contributed by atoms with Crippen molar-refractivity contribution in [3.05, 3.63) is 65.2 Å². The van der Waals surface area contributed by atoms with Crippen molar-refractivity contribution in [3.8, 4) is 0 Å². The van der Waals surface area contributed by atoms with Crippen LogP contribution in [0.4, 0.5) is 5.69 Å². The second-order valence-corrected chi connectivity index (χ2v) is 10.5. The molecule has 2 rings (SSSR count). The predicted molar refractivity (Wildman–Crippen MR) is 127 cm³/mol. The summed E-state index contributed by atoms with van der Waals surface area (Å²) in [6, 6.07) is 15.9. The van der Waals surface area contributed by atoms with Crippen LogP contribution in [0.25, 0.3) is 0 Å². The van der Waals surface area contributed by atoms with Crippen molar-refractivity contribution in [2.45, 2.75) is 59.3 Å².